The Morgan fingerprint density at radius 1 is 1.45 bits per heavy atom. The minimum atomic E-state index is -1.22. The van der Waals surface area contributed by atoms with Crippen molar-refractivity contribution in [3.05, 3.63) is 35.7 Å². The molecule has 2 aromatic rings. The van der Waals surface area contributed by atoms with Crippen LogP contribution in [0.3, 0.4) is 0 Å². The van der Waals surface area contributed by atoms with Gasteiger partial charge >= 0.3 is 5.97 Å². The van der Waals surface area contributed by atoms with E-state index in [1.807, 2.05) is 6.92 Å². The standard InChI is InChI=1S/C12H13N5O3/c1-2-4-8-15-10(17-16-8)11(18)14-7-5-3-6-13-9(7)12(19)20/h3,5-6H,2,4H2,1H3,(H,14,18)(H,19,20)(H,15,16,17). The van der Waals surface area contributed by atoms with Gasteiger partial charge < -0.3 is 10.4 Å². The van der Waals surface area contributed by atoms with E-state index in [-0.39, 0.29) is 17.2 Å². The molecule has 0 atom stereocenters. The Hall–Kier alpha value is -2.77. The number of carboxylic acids is 1. The van der Waals surface area contributed by atoms with E-state index in [1.54, 1.807) is 0 Å². The lowest BCUT2D eigenvalue weighted by Crippen LogP contribution is -2.17. The molecule has 2 aromatic heterocycles. The van der Waals surface area contributed by atoms with Gasteiger partial charge in [-0.15, -0.1) is 5.10 Å². The summed E-state index contributed by atoms with van der Waals surface area (Å²) in [5.74, 6) is -1.22. The maximum absolute atomic E-state index is 11.9. The molecule has 0 aliphatic carbocycles. The molecule has 0 aromatic carbocycles. The van der Waals surface area contributed by atoms with Crippen LogP contribution in [0.4, 0.5) is 5.69 Å². The summed E-state index contributed by atoms with van der Waals surface area (Å²) >= 11 is 0. The van der Waals surface area contributed by atoms with E-state index < -0.39 is 11.9 Å². The van der Waals surface area contributed by atoms with Crippen molar-refractivity contribution in [2.24, 2.45) is 0 Å². The molecule has 0 bridgehead atoms. The first-order valence-corrected chi connectivity index (χ1v) is 6.02. The van der Waals surface area contributed by atoms with Gasteiger partial charge in [-0.3, -0.25) is 9.89 Å². The number of carbonyl (C=O) groups is 2. The number of aromatic nitrogens is 4. The van der Waals surface area contributed by atoms with E-state index in [2.05, 4.69) is 25.5 Å². The van der Waals surface area contributed by atoms with Crippen LogP contribution in [0.5, 0.6) is 0 Å². The highest BCUT2D eigenvalue weighted by atomic mass is 16.4. The summed E-state index contributed by atoms with van der Waals surface area (Å²) in [5.41, 5.74) is -0.128. The number of H-pyrrole nitrogens is 1. The van der Waals surface area contributed by atoms with E-state index in [4.69, 9.17) is 5.11 Å². The van der Waals surface area contributed by atoms with Crippen LogP contribution in [0.25, 0.3) is 0 Å². The number of aromatic carboxylic acids is 1. The molecule has 0 unspecified atom stereocenters. The molecule has 104 valence electrons. The topological polar surface area (TPSA) is 121 Å². The van der Waals surface area contributed by atoms with Gasteiger partial charge in [0.2, 0.25) is 5.82 Å². The van der Waals surface area contributed by atoms with Gasteiger partial charge in [-0.1, -0.05) is 6.92 Å². The molecule has 2 heterocycles. The molecule has 20 heavy (non-hydrogen) atoms. The molecule has 2 rings (SSSR count). The lowest BCUT2D eigenvalue weighted by molar-refractivity contribution is 0.0691. The number of carbonyl (C=O) groups excluding carboxylic acids is 1. The first-order chi connectivity index (χ1) is 9.61. The molecule has 0 aliphatic heterocycles. The van der Waals surface area contributed by atoms with Crippen LogP contribution < -0.4 is 5.32 Å². The summed E-state index contributed by atoms with van der Waals surface area (Å²) in [4.78, 5) is 30.6. The molecule has 8 nitrogen and oxygen atoms in total. The molecular weight excluding hydrogens is 262 g/mol. The van der Waals surface area contributed by atoms with Crippen molar-refractivity contribution in [3.8, 4) is 0 Å². The number of aryl methyl sites for hydroxylation is 1. The largest absolute Gasteiger partial charge is 0.476 e. The van der Waals surface area contributed by atoms with Gasteiger partial charge in [-0.05, 0) is 18.6 Å². The molecule has 0 radical (unpaired) electrons. The molecule has 3 N–H and O–H groups in total. The van der Waals surface area contributed by atoms with Gasteiger partial charge in [0.15, 0.2) is 5.69 Å². The Bertz CT molecular complexity index is 638. The van der Waals surface area contributed by atoms with Crippen molar-refractivity contribution in [3.63, 3.8) is 0 Å². The Morgan fingerprint density at radius 2 is 2.25 bits per heavy atom. The van der Waals surface area contributed by atoms with Crippen LogP contribution in [-0.4, -0.2) is 37.1 Å². The predicted octanol–water partition coefficient (Wildman–Crippen LogP) is 1.10. The van der Waals surface area contributed by atoms with Crippen molar-refractivity contribution in [2.75, 3.05) is 5.32 Å². The number of nitrogens with one attached hydrogen (secondary N) is 2. The lowest BCUT2D eigenvalue weighted by Gasteiger charge is -2.04. The first kappa shape index (κ1) is 13.7. The average Bonchev–Trinajstić information content (AvgIpc) is 2.88. The monoisotopic (exact) mass is 275 g/mol. The summed E-state index contributed by atoms with van der Waals surface area (Å²) in [6.45, 7) is 1.98. The highest BCUT2D eigenvalue weighted by molar-refractivity contribution is 6.05. The van der Waals surface area contributed by atoms with Gasteiger partial charge in [0.05, 0.1) is 5.69 Å². The zero-order valence-electron chi connectivity index (χ0n) is 10.8. The molecule has 0 fully saturated rings. The highest BCUT2D eigenvalue weighted by Crippen LogP contribution is 2.12. The van der Waals surface area contributed by atoms with Crippen LogP contribution >= 0.6 is 0 Å². The zero-order chi connectivity index (χ0) is 14.5. The number of pyridine rings is 1. The molecule has 1 amide bonds. The number of hydrogen-bond donors (Lipinski definition) is 3. The van der Waals surface area contributed by atoms with Gasteiger partial charge in [-0.2, -0.15) is 0 Å². The molecule has 0 spiro atoms. The Labute approximate surface area is 114 Å². The Balaban J connectivity index is 2.17. The maximum atomic E-state index is 11.9. The summed E-state index contributed by atoms with van der Waals surface area (Å²) in [7, 11) is 0. The van der Waals surface area contributed by atoms with Crippen molar-refractivity contribution in [1.82, 2.24) is 20.2 Å². The highest BCUT2D eigenvalue weighted by Gasteiger charge is 2.17. The van der Waals surface area contributed by atoms with Crippen molar-refractivity contribution in [2.45, 2.75) is 19.8 Å². The summed E-state index contributed by atoms with van der Waals surface area (Å²) < 4.78 is 0. The maximum Gasteiger partial charge on any atom is 0.356 e. The molecule has 0 saturated carbocycles. The zero-order valence-corrected chi connectivity index (χ0v) is 10.8. The fourth-order valence-electron chi connectivity index (χ4n) is 1.60. The molecule has 8 heteroatoms. The Kier molecular flexibility index (Phi) is 4.04. The third-order valence-corrected chi connectivity index (χ3v) is 2.48. The normalized spacial score (nSPS) is 10.2. The van der Waals surface area contributed by atoms with Gasteiger partial charge in [0, 0.05) is 12.6 Å². The minimum absolute atomic E-state index is 0.0337. The number of amides is 1. The van der Waals surface area contributed by atoms with Crippen LogP contribution in [-0.2, 0) is 6.42 Å². The molecular formula is C12H13N5O3. The third kappa shape index (κ3) is 2.97. The van der Waals surface area contributed by atoms with Crippen molar-refractivity contribution in [1.29, 1.82) is 0 Å². The third-order valence-electron chi connectivity index (χ3n) is 2.48. The van der Waals surface area contributed by atoms with Crippen molar-refractivity contribution >= 4 is 17.6 Å². The lowest BCUT2D eigenvalue weighted by atomic mass is 10.3. The first-order valence-electron chi connectivity index (χ1n) is 6.02. The van der Waals surface area contributed by atoms with E-state index in [0.717, 1.165) is 6.42 Å². The number of anilines is 1. The number of nitrogens with zero attached hydrogens (tertiary/aromatic N) is 3. The number of rotatable bonds is 5. The van der Waals surface area contributed by atoms with Crippen LogP contribution in [0.2, 0.25) is 0 Å². The second-order valence-corrected chi connectivity index (χ2v) is 4.01. The van der Waals surface area contributed by atoms with Gasteiger partial charge in [0.25, 0.3) is 5.91 Å². The Morgan fingerprint density at radius 3 is 2.95 bits per heavy atom. The van der Waals surface area contributed by atoms with Crippen LogP contribution in [0.15, 0.2) is 18.3 Å². The molecule has 0 aliphatic rings. The number of hydrogen-bond acceptors (Lipinski definition) is 5. The second-order valence-electron chi connectivity index (χ2n) is 4.01. The SMILES string of the molecule is CCCc1nc(C(=O)Nc2cccnc2C(=O)O)n[nH]1. The number of aromatic amines is 1. The minimum Gasteiger partial charge on any atom is -0.476 e. The predicted molar refractivity (Wildman–Crippen MR) is 69.5 cm³/mol. The quantitative estimate of drug-likeness (QED) is 0.751. The second kappa shape index (κ2) is 5.91. The summed E-state index contributed by atoms with van der Waals surface area (Å²) in [5, 5.41) is 17.9. The van der Waals surface area contributed by atoms with E-state index in [1.165, 1.54) is 18.3 Å². The van der Waals surface area contributed by atoms with Gasteiger partial charge in [0.1, 0.15) is 5.82 Å². The van der Waals surface area contributed by atoms with Crippen molar-refractivity contribution < 1.29 is 14.7 Å². The summed E-state index contributed by atoms with van der Waals surface area (Å²) in [6.07, 6.45) is 2.90. The van der Waals surface area contributed by atoms with Gasteiger partial charge in [-0.25, -0.2) is 14.8 Å². The summed E-state index contributed by atoms with van der Waals surface area (Å²) in [6, 6.07) is 2.98. The molecule has 0 saturated heterocycles. The fourth-order valence-corrected chi connectivity index (χ4v) is 1.60. The fraction of sp³-hybridized carbons (Fsp3) is 0.250. The van der Waals surface area contributed by atoms with Crippen LogP contribution in [0.1, 0.15) is 40.3 Å². The smallest absolute Gasteiger partial charge is 0.356 e. The van der Waals surface area contributed by atoms with E-state index in [9.17, 15) is 9.59 Å². The van der Waals surface area contributed by atoms with E-state index >= 15 is 0 Å². The number of carboxylic acid groups (broad SMARTS) is 1. The van der Waals surface area contributed by atoms with Crippen LogP contribution in [0, 0.1) is 0 Å². The average molecular weight is 275 g/mol. The van der Waals surface area contributed by atoms with E-state index in [0.29, 0.717) is 12.2 Å².